The van der Waals surface area contributed by atoms with Crippen molar-refractivity contribution >= 4 is 5.97 Å². The number of rotatable bonds is 3. The molecule has 3 nitrogen and oxygen atoms in total. The van der Waals surface area contributed by atoms with E-state index in [-0.39, 0.29) is 11.9 Å². The van der Waals surface area contributed by atoms with Crippen LogP contribution in [0.1, 0.15) is 38.7 Å². The summed E-state index contributed by atoms with van der Waals surface area (Å²) in [5.74, 6) is 1.10. The predicted molar refractivity (Wildman–Crippen MR) is 69.7 cm³/mol. The van der Waals surface area contributed by atoms with Crippen molar-refractivity contribution in [3.8, 4) is 5.75 Å². The van der Waals surface area contributed by atoms with Crippen LogP contribution >= 0.6 is 0 Å². The van der Waals surface area contributed by atoms with Gasteiger partial charge in [-0.15, -0.1) is 0 Å². The molecule has 2 atom stereocenters. The summed E-state index contributed by atoms with van der Waals surface area (Å²) in [7, 11) is 1.65. The zero-order valence-electron chi connectivity index (χ0n) is 11.4. The Morgan fingerprint density at radius 1 is 1.22 bits per heavy atom. The maximum atomic E-state index is 11.9. The van der Waals surface area contributed by atoms with Crippen molar-refractivity contribution in [1.82, 2.24) is 0 Å². The Balaban J connectivity index is 1.96. The van der Waals surface area contributed by atoms with E-state index < -0.39 is 5.60 Å². The number of hydrogen-bond acceptors (Lipinski definition) is 3. The number of carbonyl (C=O) groups excluding carboxylic acids is 1. The minimum absolute atomic E-state index is 0.0256. The van der Waals surface area contributed by atoms with Gasteiger partial charge in [-0.3, -0.25) is 4.79 Å². The molecule has 0 unspecified atom stereocenters. The van der Waals surface area contributed by atoms with Gasteiger partial charge in [-0.1, -0.05) is 12.1 Å². The van der Waals surface area contributed by atoms with Crippen LogP contribution in [0.5, 0.6) is 5.75 Å². The second-order valence-corrected chi connectivity index (χ2v) is 5.76. The molecule has 1 fully saturated rings. The first-order valence-electron chi connectivity index (χ1n) is 6.27. The molecule has 0 aromatic heterocycles. The molecule has 1 aliphatic carbocycles. The normalized spacial score (nSPS) is 22.4. The van der Waals surface area contributed by atoms with Crippen LogP contribution in [-0.4, -0.2) is 18.7 Å². The van der Waals surface area contributed by atoms with E-state index in [9.17, 15) is 4.79 Å². The van der Waals surface area contributed by atoms with Crippen molar-refractivity contribution in [3.05, 3.63) is 29.8 Å². The van der Waals surface area contributed by atoms with Crippen molar-refractivity contribution in [3.63, 3.8) is 0 Å². The summed E-state index contributed by atoms with van der Waals surface area (Å²) < 4.78 is 10.5. The van der Waals surface area contributed by atoms with E-state index in [4.69, 9.17) is 9.47 Å². The molecule has 1 saturated carbocycles. The predicted octanol–water partition coefficient (Wildman–Crippen LogP) is 3.14. The first kappa shape index (κ1) is 12.9. The first-order chi connectivity index (χ1) is 8.40. The van der Waals surface area contributed by atoms with Crippen LogP contribution in [0.25, 0.3) is 0 Å². The molecule has 98 valence electrons. The van der Waals surface area contributed by atoms with Gasteiger partial charge in [-0.25, -0.2) is 0 Å². The molecule has 1 aliphatic rings. The number of esters is 1. The minimum Gasteiger partial charge on any atom is -0.497 e. The largest absolute Gasteiger partial charge is 0.497 e. The highest BCUT2D eigenvalue weighted by molar-refractivity contribution is 5.77. The summed E-state index contributed by atoms with van der Waals surface area (Å²) in [5, 5.41) is 0. The second-order valence-electron chi connectivity index (χ2n) is 5.76. The molecule has 0 radical (unpaired) electrons. The van der Waals surface area contributed by atoms with Crippen LogP contribution in [0, 0.1) is 5.92 Å². The van der Waals surface area contributed by atoms with Gasteiger partial charge in [0.05, 0.1) is 13.0 Å². The van der Waals surface area contributed by atoms with E-state index in [1.807, 2.05) is 45.0 Å². The van der Waals surface area contributed by atoms with Crippen molar-refractivity contribution in [2.24, 2.45) is 5.92 Å². The summed E-state index contributed by atoms with van der Waals surface area (Å²) in [4.78, 5) is 11.9. The van der Waals surface area contributed by atoms with Gasteiger partial charge < -0.3 is 9.47 Å². The molecular weight excluding hydrogens is 228 g/mol. The van der Waals surface area contributed by atoms with Gasteiger partial charge in [0.2, 0.25) is 0 Å². The fraction of sp³-hybridized carbons (Fsp3) is 0.533. The molecule has 1 aromatic carbocycles. The van der Waals surface area contributed by atoms with E-state index in [0.717, 1.165) is 12.2 Å². The van der Waals surface area contributed by atoms with Crippen LogP contribution in [-0.2, 0) is 9.53 Å². The third-order valence-electron chi connectivity index (χ3n) is 3.04. The first-order valence-corrected chi connectivity index (χ1v) is 6.27. The average molecular weight is 248 g/mol. The zero-order chi connectivity index (χ0) is 13.3. The standard InChI is InChI=1S/C15H20O3/c1-15(2,3)18-14(16)13-9-12(13)10-5-7-11(17-4)8-6-10/h5-8,12-13H,9H2,1-4H3/t12-,13-/m0/s1. The molecule has 1 aromatic rings. The van der Waals surface area contributed by atoms with E-state index in [1.165, 1.54) is 5.56 Å². The molecule has 0 spiro atoms. The van der Waals surface area contributed by atoms with Gasteiger partial charge >= 0.3 is 5.97 Å². The Bertz CT molecular complexity index is 428. The summed E-state index contributed by atoms with van der Waals surface area (Å²) in [6, 6.07) is 7.90. The molecule has 18 heavy (non-hydrogen) atoms. The lowest BCUT2D eigenvalue weighted by atomic mass is 10.1. The van der Waals surface area contributed by atoms with Crippen LogP contribution in [0.4, 0.5) is 0 Å². The van der Waals surface area contributed by atoms with E-state index >= 15 is 0 Å². The lowest BCUT2D eigenvalue weighted by molar-refractivity contribution is -0.156. The fourth-order valence-corrected chi connectivity index (χ4v) is 2.05. The minimum atomic E-state index is -0.399. The fourth-order valence-electron chi connectivity index (χ4n) is 2.05. The Labute approximate surface area is 108 Å². The SMILES string of the molecule is COc1ccc([C@@H]2C[C@@H]2C(=O)OC(C)(C)C)cc1. The third kappa shape index (κ3) is 3.03. The molecule has 0 amide bonds. The Hall–Kier alpha value is -1.51. The van der Waals surface area contributed by atoms with Gasteiger partial charge in [-0.05, 0) is 50.8 Å². The van der Waals surface area contributed by atoms with E-state index in [2.05, 4.69) is 0 Å². The zero-order valence-corrected chi connectivity index (χ0v) is 11.4. The molecule has 0 saturated heterocycles. The van der Waals surface area contributed by atoms with Crippen molar-refractivity contribution in [1.29, 1.82) is 0 Å². The van der Waals surface area contributed by atoms with Crippen molar-refractivity contribution < 1.29 is 14.3 Å². The third-order valence-corrected chi connectivity index (χ3v) is 3.04. The molecule has 0 N–H and O–H groups in total. The summed E-state index contributed by atoms with van der Waals surface area (Å²) in [5.41, 5.74) is 0.788. The monoisotopic (exact) mass is 248 g/mol. The average Bonchev–Trinajstić information content (AvgIpc) is 3.07. The van der Waals surface area contributed by atoms with Crippen molar-refractivity contribution in [2.45, 2.75) is 38.7 Å². The van der Waals surface area contributed by atoms with Gasteiger partial charge in [0.25, 0.3) is 0 Å². The van der Waals surface area contributed by atoms with Gasteiger partial charge in [-0.2, -0.15) is 0 Å². The smallest absolute Gasteiger partial charge is 0.310 e. The Morgan fingerprint density at radius 3 is 2.33 bits per heavy atom. The molecule has 0 bridgehead atoms. The number of methoxy groups -OCH3 is 1. The topological polar surface area (TPSA) is 35.5 Å². The highest BCUT2D eigenvalue weighted by Gasteiger charge is 2.46. The van der Waals surface area contributed by atoms with E-state index in [0.29, 0.717) is 5.92 Å². The Kier molecular flexibility index (Phi) is 3.33. The summed E-state index contributed by atoms with van der Waals surface area (Å²) in [6.07, 6.45) is 0.890. The van der Waals surface area contributed by atoms with E-state index in [1.54, 1.807) is 7.11 Å². The molecule has 0 heterocycles. The number of benzene rings is 1. The number of ether oxygens (including phenoxy) is 2. The van der Waals surface area contributed by atoms with Gasteiger partial charge in [0, 0.05) is 0 Å². The van der Waals surface area contributed by atoms with Crippen LogP contribution in [0.2, 0.25) is 0 Å². The lowest BCUT2D eigenvalue weighted by Crippen LogP contribution is -2.25. The second kappa shape index (κ2) is 4.63. The van der Waals surface area contributed by atoms with Gasteiger partial charge in [0.15, 0.2) is 0 Å². The molecule has 3 heteroatoms. The summed E-state index contributed by atoms with van der Waals surface area (Å²) >= 11 is 0. The highest BCUT2D eigenvalue weighted by atomic mass is 16.6. The molecule has 0 aliphatic heterocycles. The Morgan fingerprint density at radius 2 is 1.83 bits per heavy atom. The maximum Gasteiger partial charge on any atom is 0.310 e. The summed E-state index contributed by atoms with van der Waals surface area (Å²) in [6.45, 7) is 5.70. The highest BCUT2D eigenvalue weighted by Crippen LogP contribution is 2.48. The molecular formula is C15H20O3. The number of hydrogen-bond donors (Lipinski definition) is 0. The van der Waals surface area contributed by atoms with Crippen LogP contribution in [0.15, 0.2) is 24.3 Å². The van der Waals surface area contributed by atoms with Gasteiger partial charge in [0.1, 0.15) is 11.4 Å². The van der Waals surface area contributed by atoms with Crippen molar-refractivity contribution in [2.75, 3.05) is 7.11 Å². The molecule has 2 rings (SSSR count). The van der Waals surface area contributed by atoms with Crippen LogP contribution in [0.3, 0.4) is 0 Å². The number of carbonyl (C=O) groups is 1. The quantitative estimate of drug-likeness (QED) is 0.771. The van der Waals surface area contributed by atoms with Crippen LogP contribution < -0.4 is 4.74 Å². The lowest BCUT2D eigenvalue weighted by Gasteiger charge is -2.19. The maximum absolute atomic E-state index is 11.9.